The lowest BCUT2D eigenvalue weighted by Crippen LogP contribution is -2.20. The molecule has 7 rings (SSSR count). The van der Waals surface area contributed by atoms with Gasteiger partial charge in [0.05, 0.1) is 40.7 Å². The minimum atomic E-state index is -0.966. The summed E-state index contributed by atoms with van der Waals surface area (Å²) in [5.74, 6) is -0.252. The first-order valence-electron chi connectivity index (χ1n) is 20.9. The molecule has 0 fully saturated rings. The van der Waals surface area contributed by atoms with Crippen LogP contribution in [0.25, 0.3) is 22.1 Å². The Kier molecular flexibility index (Phi) is 12.9. The van der Waals surface area contributed by atoms with E-state index in [0.717, 1.165) is 82.6 Å². The lowest BCUT2D eigenvalue weighted by molar-refractivity contribution is 0.0681. The van der Waals surface area contributed by atoms with Crippen molar-refractivity contribution in [3.05, 3.63) is 106 Å². The zero-order valence-electron chi connectivity index (χ0n) is 35.9. The zero-order chi connectivity index (χ0) is 44.1. The number of ether oxygens (including phenoxy) is 1. The van der Waals surface area contributed by atoms with E-state index in [-0.39, 0.29) is 11.6 Å². The number of anilines is 3. The van der Waals surface area contributed by atoms with Crippen LogP contribution in [0, 0.1) is 13.8 Å². The summed E-state index contributed by atoms with van der Waals surface area (Å²) in [6.45, 7) is 8.37. The average Bonchev–Trinajstić information content (AvgIpc) is 3.99. The lowest BCUT2D eigenvalue weighted by atomic mass is 10.0. The van der Waals surface area contributed by atoms with Crippen LogP contribution in [-0.2, 0) is 39.1 Å². The summed E-state index contributed by atoms with van der Waals surface area (Å²) in [5, 5.41) is 22.0. The van der Waals surface area contributed by atoms with Crippen LogP contribution >= 0.6 is 0 Å². The van der Waals surface area contributed by atoms with Gasteiger partial charge in [-0.1, -0.05) is 24.6 Å². The second-order valence-electron chi connectivity index (χ2n) is 15.5. The number of carboxylic acids is 1. The minimum absolute atomic E-state index is 0.256. The maximum absolute atomic E-state index is 14.2. The molecule has 2 amide bonds. The van der Waals surface area contributed by atoms with E-state index in [1.165, 1.54) is 0 Å². The molecule has 17 heteroatoms. The van der Waals surface area contributed by atoms with Crippen molar-refractivity contribution in [1.82, 2.24) is 38.7 Å². The third-order valence-electron chi connectivity index (χ3n) is 11.2. The first kappa shape index (κ1) is 42.9. The highest BCUT2D eigenvalue weighted by atomic mass is 16.5. The summed E-state index contributed by atoms with van der Waals surface area (Å²) < 4.78 is 12.6. The molecule has 17 nitrogen and oxygen atoms in total. The first-order chi connectivity index (χ1) is 29.9. The minimum Gasteiger partial charge on any atom is -0.497 e. The monoisotopic (exact) mass is 842 g/mol. The molecule has 7 aromatic rings. The molecule has 3 aromatic carbocycles. The predicted octanol–water partition coefficient (Wildman–Crippen LogP) is 6.59. The van der Waals surface area contributed by atoms with E-state index in [9.17, 15) is 19.5 Å². The molecule has 0 atom stereocenters. The molecule has 6 N–H and O–H groups in total. The molecule has 0 radical (unpaired) electrons. The predicted molar refractivity (Wildman–Crippen MR) is 239 cm³/mol. The van der Waals surface area contributed by atoms with Gasteiger partial charge in [-0.25, -0.2) is 14.8 Å². The number of carboxylic acid groups (broad SMARTS) is 1. The van der Waals surface area contributed by atoms with Crippen molar-refractivity contribution in [1.29, 1.82) is 0 Å². The molecule has 0 saturated carbocycles. The van der Waals surface area contributed by atoms with Gasteiger partial charge in [0.25, 0.3) is 5.91 Å². The van der Waals surface area contributed by atoms with E-state index in [4.69, 9.17) is 21.2 Å². The van der Waals surface area contributed by atoms with Gasteiger partial charge in [0.15, 0.2) is 0 Å². The number of primary amides is 1. The largest absolute Gasteiger partial charge is 0.497 e. The molecule has 0 aliphatic heterocycles. The van der Waals surface area contributed by atoms with Gasteiger partial charge < -0.3 is 35.3 Å². The molecular formula is C45H54N12O5. The van der Waals surface area contributed by atoms with Gasteiger partial charge in [-0.2, -0.15) is 10.2 Å². The Bertz CT molecular complexity index is 2740. The number of rotatable bonds is 20. The number of aromatic nitrogens is 8. The smallest absolute Gasteiger partial charge is 0.354 e. The summed E-state index contributed by atoms with van der Waals surface area (Å²) >= 11 is 0. The van der Waals surface area contributed by atoms with Crippen LogP contribution in [0.1, 0.15) is 92.9 Å². The van der Waals surface area contributed by atoms with E-state index < -0.39 is 11.9 Å². The van der Waals surface area contributed by atoms with E-state index in [1.807, 2.05) is 85.5 Å². The third kappa shape index (κ3) is 9.11. The quantitative estimate of drug-likeness (QED) is 0.0600. The van der Waals surface area contributed by atoms with Crippen LogP contribution in [0.3, 0.4) is 0 Å². The Balaban J connectivity index is 1.09. The van der Waals surface area contributed by atoms with Crippen molar-refractivity contribution in [3.8, 4) is 5.75 Å². The van der Waals surface area contributed by atoms with Crippen LogP contribution < -0.4 is 26.4 Å². The second kappa shape index (κ2) is 18.6. The molecule has 0 bridgehead atoms. The molecular weight excluding hydrogens is 789 g/mol. The van der Waals surface area contributed by atoms with Gasteiger partial charge in [0, 0.05) is 50.9 Å². The highest BCUT2D eigenvalue weighted by molar-refractivity contribution is 6.03. The number of methoxy groups -OCH3 is 1. The molecule has 0 aliphatic carbocycles. The number of nitrogen functional groups attached to an aromatic ring is 1. The number of fused-ring (bicyclic) bond motifs is 2. The Morgan fingerprint density at radius 3 is 2.31 bits per heavy atom. The second-order valence-corrected chi connectivity index (χ2v) is 15.5. The summed E-state index contributed by atoms with van der Waals surface area (Å²) in [6.07, 6.45) is 4.40. The maximum Gasteiger partial charge on any atom is 0.354 e. The normalized spacial score (nSPS) is 11.4. The molecule has 0 spiro atoms. The number of hydrogen-bond donors (Lipinski definition) is 4. The lowest BCUT2D eigenvalue weighted by Gasteiger charge is -2.20. The number of carbonyl (C=O) groups is 3. The van der Waals surface area contributed by atoms with Gasteiger partial charge in [-0.3, -0.25) is 24.3 Å². The molecule has 4 heterocycles. The van der Waals surface area contributed by atoms with Crippen molar-refractivity contribution in [2.75, 3.05) is 30.1 Å². The summed E-state index contributed by atoms with van der Waals surface area (Å²) in [7, 11) is 3.67. The number of carbonyl (C=O) groups excluding carboxylic acids is 2. The van der Waals surface area contributed by atoms with Gasteiger partial charge in [-0.05, 0) is 107 Å². The topological polar surface area (TPSA) is 219 Å². The van der Waals surface area contributed by atoms with Crippen LogP contribution in [0.15, 0.2) is 66.7 Å². The number of para-hydroxylation sites is 1. The van der Waals surface area contributed by atoms with Crippen molar-refractivity contribution in [2.24, 2.45) is 5.73 Å². The highest BCUT2D eigenvalue weighted by Crippen LogP contribution is 2.31. The highest BCUT2D eigenvalue weighted by Gasteiger charge is 2.22. The third-order valence-corrected chi connectivity index (χ3v) is 11.2. The van der Waals surface area contributed by atoms with Gasteiger partial charge in [-0.15, -0.1) is 0 Å². The van der Waals surface area contributed by atoms with Gasteiger partial charge >= 0.3 is 5.97 Å². The summed E-state index contributed by atoms with van der Waals surface area (Å²) in [4.78, 5) is 49.6. The molecule has 0 unspecified atom stereocenters. The Morgan fingerprint density at radius 2 is 1.60 bits per heavy atom. The van der Waals surface area contributed by atoms with Crippen molar-refractivity contribution < 1.29 is 24.2 Å². The Hall–Kier alpha value is -7.17. The number of hydrogen-bond acceptors (Lipinski definition) is 10. The summed E-state index contributed by atoms with van der Waals surface area (Å²) in [6, 6.07) is 20.9. The SMILES string of the molecule is CCn1nc(C)c(CCCCCn2nc(C)cc2C(=O)Nc2nc3c(N(C)Cc4ccc(OC)cc4)cccc3n2CCCCn2c(N)nc3cc(C(N)=O)ccc32)c1C(=O)O. The molecule has 4 aromatic heterocycles. The number of unbranched alkanes of at least 4 members (excludes halogenated alkanes) is 3. The van der Waals surface area contributed by atoms with Crippen LogP contribution in [-0.4, -0.2) is 75.7 Å². The molecule has 0 aliphatic rings. The van der Waals surface area contributed by atoms with Gasteiger partial charge in [0.2, 0.25) is 17.8 Å². The number of imidazole rings is 2. The van der Waals surface area contributed by atoms with E-state index in [0.29, 0.717) is 67.8 Å². The standard InChI is InChI=1S/C45H54N12O5/c1-6-56-40(43(60)61)33(29(3)52-56)13-8-7-9-24-57-38(25-28(2)51-57)42(59)50-45-49-39-36(53(4)27-30-16-19-32(62-5)20-17-30)14-12-15-37(39)55(45)23-11-10-22-54-35-21-18-31(41(46)58)26-34(35)48-44(54)47/h12,14-21,25-26H,6-11,13,22-24,27H2,1-5H3,(H2,46,58)(H2,47,48)(H,60,61)(H,49,50,59). The molecule has 62 heavy (non-hydrogen) atoms. The fourth-order valence-electron chi connectivity index (χ4n) is 8.12. The number of nitrogens with zero attached hydrogens (tertiary/aromatic N) is 9. The number of aryl methyl sites for hydroxylation is 6. The van der Waals surface area contributed by atoms with Gasteiger partial charge in [0.1, 0.15) is 22.7 Å². The van der Waals surface area contributed by atoms with E-state index in [1.54, 1.807) is 34.7 Å². The van der Waals surface area contributed by atoms with E-state index in [2.05, 4.69) is 25.4 Å². The number of benzene rings is 3. The fraction of sp³-hybridized carbons (Fsp3) is 0.356. The Labute approximate surface area is 359 Å². The maximum atomic E-state index is 14.2. The average molecular weight is 843 g/mol. The number of nitrogens with two attached hydrogens (primary N) is 2. The Morgan fingerprint density at radius 1 is 0.855 bits per heavy atom. The van der Waals surface area contributed by atoms with Crippen LogP contribution in [0.4, 0.5) is 17.6 Å². The zero-order valence-corrected chi connectivity index (χ0v) is 35.9. The number of aromatic carboxylic acids is 1. The first-order valence-corrected chi connectivity index (χ1v) is 20.9. The fourth-order valence-corrected chi connectivity index (χ4v) is 8.12. The van der Waals surface area contributed by atoms with Crippen LogP contribution in [0.2, 0.25) is 0 Å². The summed E-state index contributed by atoms with van der Waals surface area (Å²) in [5.41, 5.74) is 20.2. The number of nitrogens with one attached hydrogen (secondary N) is 1. The molecule has 324 valence electrons. The van der Waals surface area contributed by atoms with Crippen molar-refractivity contribution >= 4 is 57.4 Å². The number of amides is 2. The van der Waals surface area contributed by atoms with Crippen LogP contribution in [0.5, 0.6) is 5.75 Å². The van der Waals surface area contributed by atoms with Crippen molar-refractivity contribution in [2.45, 2.75) is 92.0 Å². The van der Waals surface area contributed by atoms with Crippen molar-refractivity contribution in [3.63, 3.8) is 0 Å². The van der Waals surface area contributed by atoms with E-state index >= 15 is 0 Å². The molecule has 0 saturated heterocycles.